The van der Waals surface area contributed by atoms with Crippen molar-refractivity contribution in [1.82, 2.24) is 10.4 Å². The molecule has 0 aliphatic rings. The quantitative estimate of drug-likeness (QED) is 0.421. The Labute approximate surface area is 133 Å². The highest BCUT2D eigenvalue weighted by atomic mass is 16.6. The molecule has 2 amide bonds. The van der Waals surface area contributed by atoms with Crippen LogP contribution in [0.25, 0.3) is 0 Å². The van der Waals surface area contributed by atoms with Crippen LogP contribution >= 0.6 is 0 Å². The van der Waals surface area contributed by atoms with Crippen molar-refractivity contribution in [2.24, 2.45) is 0 Å². The van der Waals surface area contributed by atoms with E-state index in [-0.39, 0.29) is 13.2 Å². The van der Waals surface area contributed by atoms with Gasteiger partial charge in [0.05, 0.1) is 19.3 Å². The third kappa shape index (κ3) is 7.18. The Bertz CT molecular complexity index is 403. The molecule has 0 heterocycles. The molecular formula is C16H28N2O4. The highest BCUT2D eigenvalue weighted by molar-refractivity contribution is 5.74. The Kier molecular flexibility index (Phi) is 10.7. The molecule has 0 bridgehead atoms. The number of rotatable bonds is 8. The third-order valence-corrected chi connectivity index (χ3v) is 3.12. The summed E-state index contributed by atoms with van der Waals surface area (Å²) in [6.07, 6.45) is 2.60. The first-order valence-electron chi connectivity index (χ1n) is 7.79. The van der Waals surface area contributed by atoms with Crippen LogP contribution in [0, 0.1) is 0 Å². The molecule has 0 aromatic rings. The van der Waals surface area contributed by atoms with E-state index in [0.29, 0.717) is 0 Å². The van der Waals surface area contributed by atoms with E-state index >= 15 is 0 Å². The summed E-state index contributed by atoms with van der Waals surface area (Å²) in [6, 6.07) is -0.405. The van der Waals surface area contributed by atoms with Gasteiger partial charge in [-0.3, -0.25) is 0 Å². The first-order valence-corrected chi connectivity index (χ1v) is 7.79. The number of hydrazine groups is 1. The van der Waals surface area contributed by atoms with E-state index in [2.05, 4.69) is 24.7 Å². The second kappa shape index (κ2) is 11.7. The Morgan fingerprint density at radius 1 is 1.18 bits per heavy atom. The fourth-order valence-electron chi connectivity index (χ4n) is 1.92. The zero-order valence-corrected chi connectivity index (χ0v) is 14.1. The van der Waals surface area contributed by atoms with Crippen molar-refractivity contribution < 1.29 is 19.1 Å². The number of hydrogen-bond donors (Lipinski definition) is 1. The molecule has 6 heteroatoms. The van der Waals surface area contributed by atoms with E-state index in [9.17, 15) is 9.59 Å². The maximum absolute atomic E-state index is 12.0. The molecule has 0 aromatic carbocycles. The molecule has 6 nitrogen and oxygen atoms in total. The lowest BCUT2D eigenvalue weighted by molar-refractivity contribution is 0.0639. The number of carbonyl (C=O) groups is 2. The molecule has 0 radical (unpaired) electrons. The second-order valence-corrected chi connectivity index (χ2v) is 4.74. The molecule has 0 saturated heterocycles. The van der Waals surface area contributed by atoms with Gasteiger partial charge in [-0.15, -0.1) is 5.73 Å². The zero-order valence-electron chi connectivity index (χ0n) is 14.1. The minimum atomic E-state index is -0.695. The molecule has 1 atom stereocenters. The van der Waals surface area contributed by atoms with Gasteiger partial charge in [-0.05, 0) is 39.2 Å². The van der Waals surface area contributed by atoms with Gasteiger partial charge in [-0.1, -0.05) is 26.3 Å². The van der Waals surface area contributed by atoms with Crippen LogP contribution in [-0.4, -0.2) is 36.5 Å². The van der Waals surface area contributed by atoms with Gasteiger partial charge in [-0.2, -0.15) is 0 Å². The first kappa shape index (κ1) is 20.1. The van der Waals surface area contributed by atoms with Crippen molar-refractivity contribution in [3.63, 3.8) is 0 Å². The van der Waals surface area contributed by atoms with Crippen molar-refractivity contribution in [1.29, 1.82) is 0 Å². The number of nitrogens with zero attached hydrogens (tertiary/aromatic N) is 1. The monoisotopic (exact) mass is 312 g/mol. The molecule has 0 aliphatic heterocycles. The molecule has 0 aliphatic carbocycles. The number of amides is 2. The van der Waals surface area contributed by atoms with Crippen molar-refractivity contribution in [3.05, 3.63) is 17.9 Å². The standard InChI is InChI=1S/C16H28N2O4/c1-6-10-11-12-14(7-2)13(5)18(16(20)22-9-4)17-15(19)21-8-3/h13H,2,6,8-12H2,1,3-5H3,(H,17,19)/t13-/m1/s1. The summed E-state index contributed by atoms with van der Waals surface area (Å²) >= 11 is 0. The Hall–Kier alpha value is -1.94. The van der Waals surface area contributed by atoms with E-state index in [4.69, 9.17) is 9.47 Å². The van der Waals surface area contributed by atoms with E-state index in [1.54, 1.807) is 20.8 Å². The molecular weight excluding hydrogens is 284 g/mol. The predicted octanol–water partition coefficient (Wildman–Crippen LogP) is 3.79. The largest absolute Gasteiger partial charge is 0.449 e. The molecule has 0 unspecified atom stereocenters. The van der Waals surface area contributed by atoms with Crippen molar-refractivity contribution in [2.45, 2.75) is 59.4 Å². The summed E-state index contributed by atoms with van der Waals surface area (Å²) in [5.41, 5.74) is 6.13. The lowest BCUT2D eigenvalue weighted by atomic mass is 10.0. The van der Waals surface area contributed by atoms with Gasteiger partial charge in [0.15, 0.2) is 0 Å². The van der Waals surface area contributed by atoms with Crippen LogP contribution in [0.3, 0.4) is 0 Å². The number of carbonyl (C=O) groups excluding carboxylic acids is 2. The first-order chi connectivity index (χ1) is 10.5. The topological polar surface area (TPSA) is 67.9 Å². The van der Waals surface area contributed by atoms with Gasteiger partial charge >= 0.3 is 12.2 Å². The minimum absolute atomic E-state index is 0.218. The molecule has 126 valence electrons. The van der Waals surface area contributed by atoms with Crippen molar-refractivity contribution >= 4 is 12.2 Å². The van der Waals surface area contributed by atoms with Gasteiger partial charge in [0.2, 0.25) is 0 Å². The fraction of sp³-hybridized carbons (Fsp3) is 0.688. The Balaban J connectivity index is 4.99. The molecule has 0 aromatic heterocycles. The van der Waals surface area contributed by atoms with Crippen LogP contribution < -0.4 is 5.43 Å². The van der Waals surface area contributed by atoms with Gasteiger partial charge in [0, 0.05) is 0 Å². The maximum atomic E-state index is 12.0. The summed E-state index contributed by atoms with van der Waals surface area (Å²) in [4.78, 5) is 23.7. The van der Waals surface area contributed by atoms with E-state index < -0.39 is 18.2 Å². The van der Waals surface area contributed by atoms with E-state index in [1.165, 1.54) is 0 Å². The van der Waals surface area contributed by atoms with Gasteiger partial charge in [0.1, 0.15) is 0 Å². The Morgan fingerprint density at radius 3 is 2.32 bits per heavy atom. The zero-order chi connectivity index (χ0) is 17.0. The highest BCUT2D eigenvalue weighted by Gasteiger charge is 2.26. The Morgan fingerprint density at radius 2 is 1.82 bits per heavy atom. The smallest absolute Gasteiger partial charge is 0.429 e. The van der Waals surface area contributed by atoms with Crippen LogP contribution in [0.2, 0.25) is 0 Å². The molecule has 1 N–H and O–H groups in total. The maximum Gasteiger partial charge on any atom is 0.429 e. The predicted molar refractivity (Wildman–Crippen MR) is 85.3 cm³/mol. The number of nitrogens with one attached hydrogen (secondary N) is 1. The van der Waals surface area contributed by atoms with Crippen LogP contribution in [0.5, 0.6) is 0 Å². The SMILES string of the molecule is C=C=C(CCCCC)[C@@H](C)N(NC(=O)OCC)C(=O)OCC. The third-order valence-electron chi connectivity index (χ3n) is 3.12. The normalized spacial score (nSPS) is 11.1. The number of hydrogen-bond acceptors (Lipinski definition) is 4. The van der Waals surface area contributed by atoms with Crippen LogP contribution in [-0.2, 0) is 9.47 Å². The van der Waals surface area contributed by atoms with E-state index in [1.807, 2.05) is 0 Å². The number of unbranched alkanes of at least 4 members (excludes halogenated alkanes) is 2. The number of ether oxygens (including phenoxy) is 2. The lowest BCUT2D eigenvalue weighted by Crippen LogP contribution is -2.52. The average molecular weight is 312 g/mol. The van der Waals surface area contributed by atoms with Crippen molar-refractivity contribution in [3.8, 4) is 0 Å². The second-order valence-electron chi connectivity index (χ2n) is 4.74. The lowest BCUT2D eigenvalue weighted by Gasteiger charge is -2.29. The van der Waals surface area contributed by atoms with Crippen molar-refractivity contribution in [2.75, 3.05) is 13.2 Å². The summed E-state index contributed by atoms with van der Waals surface area (Å²) in [5, 5.41) is 1.13. The summed E-state index contributed by atoms with van der Waals surface area (Å²) in [7, 11) is 0. The van der Waals surface area contributed by atoms with Gasteiger partial charge in [-0.25, -0.2) is 20.0 Å². The van der Waals surface area contributed by atoms with Crippen LogP contribution in [0.4, 0.5) is 9.59 Å². The van der Waals surface area contributed by atoms with E-state index in [0.717, 1.165) is 36.3 Å². The molecule has 0 spiro atoms. The average Bonchev–Trinajstić information content (AvgIpc) is 2.49. The minimum Gasteiger partial charge on any atom is -0.449 e. The molecule has 22 heavy (non-hydrogen) atoms. The molecule has 0 saturated carbocycles. The van der Waals surface area contributed by atoms with Gasteiger partial charge in [0.25, 0.3) is 0 Å². The summed E-state index contributed by atoms with van der Waals surface area (Å²) in [6.45, 7) is 11.4. The molecule has 0 rings (SSSR count). The summed E-state index contributed by atoms with van der Waals surface area (Å²) in [5.74, 6) is 0. The molecule has 0 fully saturated rings. The highest BCUT2D eigenvalue weighted by Crippen LogP contribution is 2.16. The van der Waals surface area contributed by atoms with Crippen LogP contribution in [0.1, 0.15) is 53.4 Å². The van der Waals surface area contributed by atoms with Gasteiger partial charge < -0.3 is 9.47 Å². The summed E-state index contributed by atoms with van der Waals surface area (Å²) < 4.78 is 9.80. The van der Waals surface area contributed by atoms with Crippen LogP contribution in [0.15, 0.2) is 17.9 Å². The fourth-order valence-corrected chi connectivity index (χ4v) is 1.92.